The number of carbonyl (C=O) groups is 2. The molecule has 0 saturated carbocycles. The number of rotatable bonds is 5. The largest absolute Gasteiger partial charge is 0.480 e. The molecule has 1 aliphatic heterocycles. The SMILES string of the molecule is C=CCNC(=O)C(C)N1CCCCCC1C(=O)O. The Hall–Kier alpha value is -1.36. The van der Waals surface area contributed by atoms with E-state index in [4.69, 9.17) is 0 Å². The van der Waals surface area contributed by atoms with Crippen molar-refractivity contribution < 1.29 is 14.7 Å². The van der Waals surface area contributed by atoms with Crippen molar-refractivity contribution in [1.29, 1.82) is 0 Å². The van der Waals surface area contributed by atoms with Gasteiger partial charge in [-0.2, -0.15) is 0 Å². The number of hydrogen-bond donors (Lipinski definition) is 2. The first-order chi connectivity index (χ1) is 8.57. The second kappa shape index (κ2) is 7.16. The fourth-order valence-electron chi connectivity index (χ4n) is 2.33. The number of carboxylic acid groups (broad SMARTS) is 1. The van der Waals surface area contributed by atoms with Gasteiger partial charge >= 0.3 is 5.97 Å². The van der Waals surface area contributed by atoms with E-state index in [2.05, 4.69) is 11.9 Å². The van der Waals surface area contributed by atoms with Crippen LogP contribution in [0.5, 0.6) is 0 Å². The van der Waals surface area contributed by atoms with Crippen LogP contribution in [-0.2, 0) is 9.59 Å². The lowest BCUT2D eigenvalue weighted by Crippen LogP contribution is -2.52. The van der Waals surface area contributed by atoms with Crippen LogP contribution in [0.3, 0.4) is 0 Å². The van der Waals surface area contributed by atoms with E-state index in [1.807, 2.05) is 0 Å². The Morgan fingerprint density at radius 2 is 2.22 bits per heavy atom. The lowest BCUT2D eigenvalue weighted by Gasteiger charge is -2.31. The molecule has 5 nitrogen and oxygen atoms in total. The predicted molar refractivity (Wildman–Crippen MR) is 69.3 cm³/mol. The molecule has 1 heterocycles. The summed E-state index contributed by atoms with van der Waals surface area (Å²) >= 11 is 0. The van der Waals surface area contributed by atoms with Crippen LogP contribution in [0.1, 0.15) is 32.6 Å². The summed E-state index contributed by atoms with van der Waals surface area (Å²) in [4.78, 5) is 25.0. The highest BCUT2D eigenvalue weighted by Crippen LogP contribution is 2.19. The highest BCUT2D eigenvalue weighted by Gasteiger charge is 2.33. The van der Waals surface area contributed by atoms with Gasteiger partial charge in [0.1, 0.15) is 6.04 Å². The monoisotopic (exact) mass is 254 g/mol. The molecule has 2 N–H and O–H groups in total. The van der Waals surface area contributed by atoms with E-state index in [9.17, 15) is 14.7 Å². The van der Waals surface area contributed by atoms with Crippen molar-refractivity contribution in [1.82, 2.24) is 10.2 Å². The minimum absolute atomic E-state index is 0.136. The van der Waals surface area contributed by atoms with Crippen LogP contribution in [0.15, 0.2) is 12.7 Å². The van der Waals surface area contributed by atoms with Crippen molar-refractivity contribution in [3.05, 3.63) is 12.7 Å². The third-order valence-corrected chi connectivity index (χ3v) is 3.38. The predicted octanol–water partition coefficient (Wildman–Crippen LogP) is 1.01. The maximum Gasteiger partial charge on any atom is 0.320 e. The topological polar surface area (TPSA) is 69.6 Å². The summed E-state index contributed by atoms with van der Waals surface area (Å²) in [6.07, 6.45) is 5.12. The van der Waals surface area contributed by atoms with Gasteiger partial charge in [-0.3, -0.25) is 14.5 Å². The minimum Gasteiger partial charge on any atom is -0.480 e. The highest BCUT2D eigenvalue weighted by molar-refractivity contribution is 5.82. The molecule has 1 amide bonds. The Morgan fingerprint density at radius 1 is 1.50 bits per heavy atom. The molecule has 1 rings (SSSR count). The van der Waals surface area contributed by atoms with Gasteiger partial charge in [-0.05, 0) is 26.3 Å². The van der Waals surface area contributed by atoms with Gasteiger partial charge in [0.15, 0.2) is 0 Å². The number of nitrogens with one attached hydrogen (secondary N) is 1. The molecule has 0 radical (unpaired) electrons. The first-order valence-corrected chi connectivity index (χ1v) is 6.45. The molecule has 2 atom stereocenters. The van der Waals surface area contributed by atoms with Gasteiger partial charge in [-0.25, -0.2) is 0 Å². The third-order valence-electron chi connectivity index (χ3n) is 3.38. The van der Waals surface area contributed by atoms with Crippen molar-refractivity contribution in [2.24, 2.45) is 0 Å². The minimum atomic E-state index is -0.833. The fraction of sp³-hybridized carbons (Fsp3) is 0.692. The lowest BCUT2D eigenvalue weighted by atomic mass is 10.1. The molecule has 102 valence electrons. The van der Waals surface area contributed by atoms with Crippen LogP contribution in [0.4, 0.5) is 0 Å². The summed E-state index contributed by atoms with van der Waals surface area (Å²) in [7, 11) is 0. The highest BCUT2D eigenvalue weighted by atomic mass is 16.4. The molecule has 18 heavy (non-hydrogen) atoms. The van der Waals surface area contributed by atoms with Crippen molar-refractivity contribution in [3.8, 4) is 0 Å². The third kappa shape index (κ3) is 3.84. The first-order valence-electron chi connectivity index (χ1n) is 6.45. The van der Waals surface area contributed by atoms with E-state index in [-0.39, 0.29) is 5.91 Å². The smallest absolute Gasteiger partial charge is 0.320 e. The Balaban J connectivity index is 2.71. The first kappa shape index (κ1) is 14.7. The number of carboxylic acids is 1. The number of amides is 1. The zero-order chi connectivity index (χ0) is 13.5. The van der Waals surface area contributed by atoms with Gasteiger partial charge < -0.3 is 10.4 Å². The zero-order valence-electron chi connectivity index (χ0n) is 10.9. The Morgan fingerprint density at radius 3 is 2.83 bits per heavy atom. The van der Waals surface area contributed by atoms with E-state index < -0.39 is 18.1 Å². The average molecular weight is 254 g/mol. The molecule has 1 saturated heterocycles. The molecule has 0 bridgehead atoms. The summed E-state index contributed by atoms with van der Waals surface area (Å²) in [5.41, 5.74) is 0. The standard InChI is InChI=1S/C13H22N2O3/c1-3-8-14-12(16)10(2)15-9-6-4-5-7-11(15)13(17)18/h3,10-11H,1,4-9H2,2H3,(H,14,16)(H,17,18). The molecule has 0 aliphatic carbocycles. The summed E-state index contributed by atoms with van der Waals surface area (Å²) < 4.78 is 0. The van der Waals surface area contributed by atoms with Gasteiger partial charge in [0.05, 0.1) is 6.04 Å². The maximum absolute atomic E-state index is 11.9. The Bertz CT molecular complexity index is 317. The number of hydrogen-bond acceptors (Lipinski definition) is 3. The van der Waals surface area contributed by atoms with Gasteiger partial charge in [-0.15, -0.1) is 6.58 Å². The van der Waals surface area contributed by atoms with Crippen LogP contribution >= 0.6 is 0 Å². The summed E-state index contributed by atoms with van der Waals surface area (Å²) in [5.74, 6) is -0.969. The molecule has 0 aromatic carbocycles. The Kier molecular flexibility index (Phi) is 5.85. The maximum atomic E-state index is 11.9. The van der Waals surface area contributed by atoms with E-state index in [0.717, 1.165) is 19.3 Å². The molecular formula is C13H22N2O3. The number of carbonyl (C=O) groups excluding carboxylic acids is 1. The van der Waals surface area contributed by atoms with Crippen LogP contribution < -0.4 is 5.32 Å². The van der Waals surface area contributed by atoms with Crippen LogP contribution in [0.2, 0.25) is 0 Å². The normalized spacial score (nSPS) is 22.8. The average Bonchev–Trinajstić information content (AvgIpc) is 2.60. The lowest BCUT2D eigenvalue weighted by molar-refractivity contribution is -0.145. The van der Waals surface area contributed by atoms with Crippen LogP contribution in [0, 0.1) is 0 Å². The molecule has 1 fully saturated rings. The van der Waals surface area contributed by atoms with E-state index in [1.54, 1.807) is 17.9 Å². The van der Waals surface area contributed by atoms with E-state index in [1.165, 1.54) is 0 Å². The van der Waals surface area contributed by atoms with Gasteiger partial charge in [-0.1, -0.05) is 18.9 Å². The number of likely N-dealkylation sites (tertiary alicyclic amines) is 1. The van der Waals surface area contributed by atoms with Gasteiger partial charge in [0, 0.05) is 6.54 Å². The van der Waals surface area contributed by atoms with Gasteiger partial charge in [0.2, 0.25) is 5.91 Å². The number of aliphatic carboxylic acids is 1. The van der Waals surface area contributed by atoms with Gasteiger partial charge in [0.25, 0.3) is 0 Å². The van der Waals surface area contributed by atoms with E-state index in [0.29, 0.717) is 19.5 Å². The van der Waals surface area contributed by atoms with Crippen LogP contribution in [0.25, 0.3) is 0 Å². The zero-order valence-corrected chi connectivity index (χ0v) is 10.9. The Labute approximate surface area is 108 Å². The van der Waals surface area contributed by atoms with Crippen molar-refractivity contribution in [3.63, 3.8) is 0 Å². The molecule has 1 aliphatic rings. The van der Waals surface area contributed by atoms with Crippen LogP contribution in [-0.4, -0.2) is 47.1 Å². The number of nitrogens with zero attached hydrogens (tertiary/aromatic N) is 1. The fourth-order valence-corrected chi connectivity index (χ4v) is 2.33. The molecular weight excluding hydrogens is 232 g/mol. The summed E-state index contributed by atoms with van der Waals surface area (Å²) in [6, 6.07) is -0.957. The molecule has 5 heteroatoms. The quantitative estimate of drug-likeness (QED) is 0.718. The molecule has 2 unspecified atom stereocenters. The second-order valence-electron chi connectivity index (χ2n) is 4.65. The van der Waals surface area contributed by atoms with Crippen molar-refractivity contribution in [2.75, 3.05) is 13.1 Å². The van der Waals surface area contributed by atoms with Crippen molar-refractivity contribution >= 4 is 11.9 Å². The molecule has 0 aromatic heterocycles. The summed E-state index contributed by atoms with van der Waals surface area (Å²) in [5, 5.41) is 12.0. The summed E-state index contributed by atoms with van der Waals surface area (Å²) in [6.45, 7) is 6.38. The second-order valence-corrected chi connectivity index (χ2v) is 4.65. The van der Waals surface area contributed by atoms with E-state index >= 15 is 0 Å². The van der Waals surface area contributed by atoms with Crippen molar-refractivity contribution in [2.45, 2.75) is 44.7 Å². The molecule has 0 spiro atoms. The molecule has 0 aromatic rings.